The summed E-state index contributed by atoms with van der Waals surface area (Å²) in [7, 11) is 1.59. The first-order chi connectivity index (χ1) is 7.24. The molecule has 1 atom stereocenters. The van der Waals surface area contributed by atoms with Crippen LogP contribution in [0.5, 0.6) is 0 Å². The van der Waals surface area contributed by atoms with Crippen molar-refractivity contribution in [2.45, 2.75) is 45.1 Å². The Morgan fingerprint density at radius 2 is 2.20 bits per heavy atom. The molecule has 0 fully saturated rings. The van der Waals surface area contributed by atoms with E-state index in [1.54, 1.807) is 7.11 Å². The van der Waals surface area contributed by atoms with E-state index in [1.807, 2.05) is 0 Å². The van der Waals surface area contributed by atoms with E-state index in [1.165, 1.54) is 0 Å². The van der Waals surface area contributed by atoms with Gasteiger partial charge in [-0.1, -0.05) is 19.8 Å². The molecule has 0 heterocycles. The predicted octanol–water partition coefficient (Wildman–Crippen LogP) is 1.08. The molecule has 1 unspecified atom stereocenters. The van der Waals surface area contributed by atoms with Crippen molar-refractivity contribution in [1.29, 1.82) is 0 Å². The van der Waals surface area contributed by atoms with Gasteiger partial charge in [-0.25, -0.2) is 0 Å². The van der Waals surface area contributed by atoms with E-state index in [2.05, 4.69) is 12.2 Å². The molecular formula is C11H23NO3. The highest BCUT2D eigenvalue weighted by Crippen LogP contribution is 2.00. The third kappa shape index (κ3) is 8.39. The molecule has 0 rings (SSSR count). The number of ether oxygens (including phenoxy) is 1. The van der Waals surface area contributed by atoms with Crippen molar-refractivity contribution in [2.75, 3.05) is 20.3 Å². The Labute approximate surface area is 92.0 Å². The van der Waals surface area contributed by atoms with Crippen LogP contribution in [0.15, 0.2) is 0 Å². The van der Waals surface area contributed by atoms with Gasteiger partial charge in [0, 0.05) is 20.1 Å². The second kappa shape index (κ2) is 9.93. The number of hydrogen-bond donors (Lipinski definition) is 2. The number of amides is 1. The monoisotopic (exact) mass is 217 g/mol. The first-order valence-electron chi connectivity index (χ1n) is 5.63. The number of carbonyl (C=O) groups is 1. The third-order valence-corrected chi connectivity index (χ3v) is 2.22. The van der Waals surface area contributed by atoms with Crippen LogP contribution >= 0.6 is 0 Å². The Morgan fingerprint density at radius 1 is 1.47 bits per heavy atom. The van der Waals surface area contributed by atoms with Crippen LogP contribution in [0.2, 0.25) is 0 Å². The summed E-state index contributed by atoms with van der Waals surface area (Å²) in [5, 5.41) is 11.6. The Kier molecular flexibility index (Phi) is 9.52. The van der Waals surface area contributed by atoms with Crippen molar-refractivity contribution >= 4 is 5.91 Å². The zero-order chi connectivity index (χ0) is 11.5. The van der Waals surface area contributed by atoms with Gasteiger partial charge in [-0.3, -0.25) is 4.79 Å². The maximum atomic E-state index is 11.4. The number of rotatable bonds is 9. The molecule has 0 bridgehead atoms. The van der Waals surface area contributed by atoms with Gasteiger partial charge in [-0.2, -0.15) is 0 Å². The van der Waals surface area contributed by atoms with Gasteiger partial charge in [-0.15, -0.1) is 0 Å². The van der Waals surface area contributed by atoms with E-state index < -0.39 is 0 Å². The van der Waals surface area contributed by atoms with Crippen molar-refractivity contribution in [3.63, 3.8) is 0 Å². The molecular weight excluding hydrogens is 194 g/mol. The quantitative estimate of drug-likeness (QED) is 0.568. The van der Waals surface area contributed by atoms with Gasteiger partial charge in [0.1, 0.15) is 0 Å². The molecule has 0 radical (unpaired) electrons. The third-order valence-electron chi connectivity index (χ3n) is 2.22. The average Bonchev–Trinajstić information content (AvgIpc) is 2.19. The molecule has 90 valence electrons. The SMILES string of the molecule is CCCCCC(=O)NC(CCO)COC. The summed E-state index contributed by atoms with van der Waals surface area (Å²) in [6, 6.07) is -0.0610. The summed E-state index contributed by atoms with van der Waals surface area (Å²) in [4.78, 5) is 11.4. The summed E-state index contributed by atoms with van der Waals surface area (Å²) >= 11 is 0. The zero-order valence-corrected chi connectivity index (χ0v) is 9.79. The average molecular weight is 217 g/mol. The normalized spacial score (nSPS) is 12.5. The minimum atomic E-state index is -0.0610. The van der Waals surface area contributed by atoms with E-state index in [9.17, 15) is 4.79 Å². The lowest BCUT2D eigenvalue weighted by Crippen LogP contribution is -2.38. The highest BCUT2D eigenvalue weighted by molar-refractivity contribution is 5.76. The zero-order valence-electron chi connectivity index (χ0n) is 9.79. The predicted molar refractivity (Wildman–Crippen MR) is 59.7 cm³/mol. The molecule has 4 nitrogen and oxygen atoms in total. The van der Waals surface area contributed by atoms with Crippen molar-refractivity contribution in [3.8, 4) is 0 Å². The van der Waals surface area contributed by atoms with Gasteiger partial charge in [0.05, 0.1) is 12.6 Å². The van der Waals surface area contributed by atoms with E-state index in [0.717, 1.165) is 19.3 Å². The summed E-state index contributed by atoms with van der Waals surface area (Å²) in [6.45, 7) is 2.64. The molecule has 0 aliphatic carbocycles. The lowest BCUT2D eigenvalue weighted by Gasteiger charge is -2.16. The van der Waals surface area contributed by atoms with Gasteiger partial charge in [0.2, 0.25) is 5.91 Å². The topological polar surface area (TPSA) is 58.6 Å². The number of carbonyl (C=O) groups excluding carboxylic acids is 1. The van der Waals surface area contributed by atoms with Crippen LogP contribution in [0.4, 0.5) is 0 Å². The number of methoxy groups -OCH3 is 1. The molecule has 2 N–H and O–H groups in total. The molecule has 15 heavy (non-hydrogen) atoms. The van der Waals surface area contributed by atoms with Crippen LogP contribution in [0.3, 0.4) is 0 Å². The number of aliphatic hydroxyl groups excluding tert-OH is 1. The van der Waals surface area contributed by atoms with Crippen LogP contribution in [-0.4, -0.2) is 37.4 Å². The first kappa shape index (κ1) is 14.4. The highest BCUT2D eigenvalue weighted by Gasteiger charge is 2.10. The van der Waals surface area contributed by atoms with Crippen LogP contribution in [-0.2, 0) is 9.53 Å². The Balaban J connectivity index is 3.67. The van der Waals surface area contributed by atoms with Crippen molar-refractivity contribution in [2.24, 2.45) is 0 Å². The van der Waals surface area contributed by atoms with Gasteiger partial charge in [0.25, 0.3) is 0 Å². The fourth-order valence-electron chi connectivity index (χ4n) is 1.39. The minimum absolute atomic E-state index is 0.0546. The largest absolute Gasteiger partial charge is 0.396 e. The van der Waals surface area contributed by atoms with Crippen LogP contribution in [0.25, 0.3) is 0 Å². The van der Waals surface area contributed by atoms with Gasteiger partial charge in [0.15, 0.2) is 0 Å². The van der Waals surface area contributed by atoms with Gasteiger partial charge in [-0.05, 0) is 12.8 Å². The number of unbranched alkanes of at least 4 members (excludes halogenated alkanes) is 2. The second-order valence-corrected chi connectivity index (χ2v) is 3.69. The molecule has 0 aromatic heterocycles. The van der Waals surface area contributed by atoms with E-state index in [4.69, 9.17) is 9.84 Å². The summed E-state index contributed by atoms with van der Waals surface area (Å²) in [5.41, 5.74) is 0. The number of nitrogens with one attached hydrogen (secondary N) is 1. The van der Waals surface area contributed by atoms with Gasteiger partial charge >= 0.3 is 0 Å². The molecule has 0 saturated heterocycles. The molecule has 0 aromatic carbocycles. The van der Waals surface area contributed by atoms with Crippen LogP contribution < -0.4 is 5.32 Å². The maximum Gasteiger partial charge on any atom is 0.220 e. The van der Waals surface area contributed by atoms with Crippen molar-refractivity contribution < 1.29 is 14.6 Å². The van der Waals surface area contributed by atoms with Crippen LogP contribution in [0.1, 0.15) is 39.0 Å². The van der Waals surface area contributed by atoms with Crippen molar-refractivity contribution in [1.82, 2.24) is 5.32 Å². The van der Waals surface area contributed by atoms with Crippen LogP contribution in [0, 0.1) is 0 Å². The van der Waals surface area contributed by atoms with Crippen molar-refractivity contribution in [3.05, 3.63) is 0 Å². The summed E-state index contributed by atoms with van der Waals surface area (Å²) in [5.74, 6) is 0.0546. The molecule has 1 amide bonds. The second-order valence-electron chi connectivity index (χ2n) is 3.69. The first-order valence-corrected chi connectivity index (χ1v) is 5.63. The molecule has 0 aliphatic rings. The smallest absolute Gasteiger partial charge is 0.220 e. The van der Waals surface area contributed by atoms with Gasteiger partial charge < -0.3 is 15.2 Å². The number of aliphatic hydroxyl groups is 1. The molecule has 0 spiro atoms. The fourth-order valence-corrected chi connectivity index (χ4v) is 1.39. The standard InChI is InChI=1S/C11H23NO3/c1-3-4-5-6-11(14)12-10(7-8-13)9-15-2/h10,13H,3-9H2,1-2H3,(H,12,14). The lowest BCUT2D eigenvalue weighted by atomic mass is 10.1. The Bertz CT molecular complexity index is 156. The summed E-state index contributed by atoms with van der Waals surface area (Å²) < 4.78 is 4.96. The highest BCUT2D eigenvalue weighted by atomic mass is 16.5. The summed E-state index contributed by atoms with van der Waals surface area (Å²) in [6.07, 6.45) is 4.25. The lowest BCUT2D eigenvalue weighted by molar-refractivity contribution is -0.122. The molecule has 0 aromatic rings. The number of hydrogen-bond acceptors (Lipinski definition) is 3. The molecule has 0 saturated carbocycles. The minimum Gasteiger partial charge on any atom is -0.396 e. The van der Waals surface area contributed by atoms with E-state index >= 15 is 0 Å². The van der Waals surface area contributed by atoms with E-state index in [-0.39, 0.29) is 18.6 Å². The Hall–Kier alpha value is -0.610. The van der Waals surface area contributed by atoms with E-state index in [0.29, 0.717) is 19.4 Å². The molecule has 0 aliphatic heterocycles. The maximum absolute atomic E-state index is 11.4. The Morgan fingerprint density at radius 3 is 2.73 bits per heavy atom. The fraction of sp³-hybridized carbons (Fsp3) is 0.909. The molecule has 4 heteroatoms.